The van der Waals surface area contributed by atoms with Gasteiger partial charge in [-0.2, -0.15) is 13.2 Å². The minimum absolute atomic E-state index is 0.331. The largest absolute Gasteiger partial charge is 0.393 e. The Labute approximate surface area is 98.8 Å². The van der Waals surface area contributed by atoms with E-state index in [2.05, 4.69) is 0 Å². The Balaban J connectivity index is 2.34. The van der Waals surface area contributed by atoms with Crippen molar-refractivity contribution in [2.45, 2.75) is 31.4 Å². The molecule has 0 amide bonds. The summed E-state index contributed by atoms with van der Waals surface area (Å²) in [7, 11) is 0. The first-order valence-electron chi connectivity index (χ1n) is 5.88. The second kappa shape index (κ2) is 4.69. The van der Waals surface area contributed by atoms with Crippen molar-refractivity contribution in [1.29, 1.82) is 0 Å². The summed E-state index contributed by atoms with van der Waals surface area (Å²) < 4.78 is 38.8. The van der Waals surface area contributed by atoms with E-state index in [9.17, 15) is 13.2 Å². The zero-order valence-electron chi connectivity index (χ0n) is 9.50. The lowest BCUT2D eigenvalue weighted by Crippen LogP contribution is -2.36. The van der Waals surface area contributed by atoms with Crippen molar-refractivity contribution >= 4 is 0 Å². The molecule has 0 fully saturated rings. The van der Waals surface area contributed by atoms with Gasteiger partial charge in [-0.3, -0.25) is 0 Å². The molecule has 0 aliphatic heterocycles. The lowest BCUT2D eigenvalue weighted by atomic mass is 9.75. The maximum absolute atomic E-state index is 12.9. The zero-order chi connectivity index (χ0) is 12.5. The molecule has 0 saturated carbocycles. The average molecular weight is 243 g/mol. The number of rotatable bonds is 2. The van der Waals surface area contributed by atoms with Crippen LogP contribution in [0.4, 0.5) is 13.2 Å². The first kappa shape index (κ1) is 12.4. The topological polar surface area (TPSA) is 26.0 Å². The van der Waals surface area contributed by atoms with E-state index >= 15 is 0 Å². The Morgan fingerprint density at radius 1 is 1.29 bits per heavy atom. The van der Waals surface area contributed by atoms with E-state index in [1.54, 1.807) is 6.07 Å². The smallest absolute Gasteiger partial charge is 0.330 e. The third-order valence-electron chi connectivity index (χ3n) is 3.58. The SMILES string of the molecule is NCC(C1CCCc2ccccc21)C(F)(F)F. The lowest BCUT2D eigenvalue weighted by molar-refractivity contribution is -0.178. The molecular formula is C13H16F3N. The van der Waals surface area contributed by atoms with Gasteiger partial charge in [0.15, 0.2) is 0 Å². The predicted molar refractivity (Wildman–Crippen MR) is 60.7 cm³/mol. The van der Waals surface area contributed by atoms with Gasteiger partial charge in [0.1, 0.15) is 0 Å². The number of benzene rings is 1. The van der Waals surface area contributed by atoms with Gasteiger partial charge in [-0.05, 0) is 36.3 Å². The normalized spacial score (nSPS) is 22.0. The molecule has 4 heteroatoms. The number of hydrogen-bond acceptors (Lipinski definition) is 1. The van der Waals surface area contributed by atoms with E-state index < -0.39 is 18.0 Å². The molecule has 0 heterocycles. The fourth-order valence-corrected chi connectivity index (χ4v) is 2.74. The lowest BCUT2D eigenvalue weighted by Gasteiger charge is -2.32. The van der Waals surface area contributed by atoms with Crippen LogP contribution in [0.5, 0.6) is 0 Å². The van der Waals surface area contributed by atoms with E-state index in [0.717, 1.165) is 24.0 Å². The van der Waals surface area contributed by atoms with Crippen LogP contribution in [-0.2, 0) is 6.42 Å². The predicted octanol–water partition coefficient (Wildman–Crippen LogP) is 3.24. The van der Waals surface area contributed by atoms with Crippen molar-refractivity contribution in [2.75, 3.05) is 6.54 Å². The van der Waals surface area contributed by atoms with E-state index in [0.29, 0.717) is 6.42 Å². The average Bonchev–Trinajstić information content (AvgIpc) is 2.28. The van der Waals surface area contributed by atoms with Crippen molar-refractivity contribution in [3.8, 4) is 0 Å². The van der Waals surface area contributed by atoms with Gasteiger partial charge in [0, 0.05) is 6.54 Å². The highest BCUT2D eigenvalue weighted by molar-refractivity contribution is 5.33. The molecule has 0 aromatic heterocycles. The van der Waals surface area contributed by atoms with Gasteiger partial charge < -0.3 is 5.73 Å². The molecule has 94 valence electrons. The fraction of sp³-hybridized carbons (Fsp3) is 0.538. The van der Waals surface area contributed by atoms with E-state index in [1.807, 2.05) is 18.2 Å². The summed E-state index contributed by atoms with van der Waals surface area (Å²) in [5, 5.41) is 0. The van der Waals surface area contributed by atoms with Crippen LogP contribution in [0, 0.1) is 5.92 Å². The van der Waals surface area contributed by atoms with Crippen LogP contribution in [-0.4, -0.2) is 12.7 Å². The van der Waals surface area contributed by atoms with Crippen molar-refractivity contribution in [2.24, 2.45) is 11.7 Å². The summed E-state index contributed by atoms with van der Waals surface area (Å²) in [5.74, 6) is -1.88. The molecule has 2 rings (SSSR count). The molecule has 0 spiro atoms. The number of nitrogens with two attached hydrogens (primary N) is 1. The number of aryl methyl sites for hydroxylation is 1. The summed E-state index contributed by atoms with van der Waals surface area (Å²) in [4.78, 5) is 0. The quantitative estimate of drug-likeness (QED) is 0.847. The summed E-state index contributed by atoms with van der Waals surface area (Å²) >= 11 is 0. The molecule has 2 unspecified atom stereocenters. The van der Waals surface area contributed by atoms with Crippen LogP contribution in [0.3, 0.4) is 0 Å². The molecule has 1 aliphatic rings. The molecule has 17 heavy (non-hydrogen) atoms. The van der Waals surface area contributed by atoms with Gasteiger partial charge in [-0.1, -0.05) is 24.3 Å². The van der Waals surface area contributed by atoms with Gasteiger partial charge >= 0.3 is 6.18 Å². The Morgan fingerprint density at radius 2 is 2.00 bits per heavy atom. The third kappa shape index (κ3) is 2.46. The monoisotopic (exact) mass is 243 g/mol. The Bertz CT molecular complexity index is 386. The fourth-order valence-electron chi connectivity index (χ4n) is 2.74. The Morgan fingerprint density at radius 3 is 2.65 bits per heavy atom. The van der Waals surface area contributed by atoms with Crippen LogP contribution in [0.25, 0.3) is 0 Å². The van der Waals surface area contributed by atoms with Gasteiger partial charge in [0.05, 0.1) is 5.92 Å². The maximum Gasteiger partial charge on any atom is 0.393 e. The Hall–Kier alpha value is -1.03. The zero-order valence-corrected chi connectivity index (χ0v) is 9.50. The number of hydrogen-bond donors (Lipinski definition) is 1. The molecular weight excluding hydrogens is 227 g/mol. The van der Waals surface area contributed by atoms with Crippen molar-refractivity contribution in [3.63, 3.8) is 0 Å². The molecule has 1 nitrogen and oxygen atoms in total. The molecule has 0 saturated heterocycles. The second-order valence-corrected chi connectivity index (χ2v) is 4.58. The van der Waals surface area contributed by atoms with Crippen LogP contribution < -0.4 is 5.73 Å². The van der Waals surface area contributed by atoms with Crippen molar-refractivity contribution < 1.29 is 13.2 Å². The number of alkyl halides is 3. The summed E-state index contributed by atoms with van der Waals surface area (Å²) in [6.45, 7) is -0.331. The highest BCUT2D eigenvalue weighted by atomic mass is 19.4. The molecule has 0 radical (unpaired) electrons. The van der Waals surface area contributed by atoms with Gasteiger partial charge in [0.25, 0.3) is 0 Å². The van der Waals surface area contributed by atoms with Crippen LogP contribution in [0.2, 0.25) is 0 Å². The first-order chi connectivity index (χ1) is 8.04. The minimum atomic E-state index is -4.20. The van der Waals surface area contributed by atoms with Crippen molar-refractivity contribution in [1.82, 2.24) is 0 Å². The highest BCUT2D eigenvalue weighted by Crippen LogP contribution is 2.43. The van der Waals surface area contributed by atoms with Crippen molar-refractivity contribution in [3.05, 3.63) is 35.4 Å². The highest BCUT2D eigenvalue weighted by Gasteiger charge is 2.45. The summed E-state index contributed by atoms with van der Waals surface area (Å²) in [6.07, 6.45) is -1.93. The van der Waals surface area contributed by atoms with E-state index in [4.69, 9.17) is 5.73 Å². The van der Waals surface area contributed by atoms with E-state index in [-0.39, 0.29) is 6.54 Å². The van der Waals surface area contributed by atoms with Crippen LogP contribution in [0.1, 0.15) is 29.9 Å². The van der Waals surface area contributed by atoms with Gasteiger partial charge in [-0.25, -0.2) is 0 Å². The van der Waals surface area contributed by atoms with Crippen LogP contribution >= 0.6 is 0 Å². The van der Waals surface area contributed by atoms with Crippen LogP contribution in [0.15, 0.2) is 24.3 Å². The summed E-state index contributed by atoms with van der Waals surface area (Å²) in [5.41, 5.74) is 7.21. The Kier molecular flexibility index (Phi) is 3.43. The third-order valence-corrected chi connectivity index (χ3v) is 3.58. The molecule has 1 aromatic rings. The molecule has 0 bridgehead atoms. The van der Waals surface area contributed by atoms with E-state index in [1.165, 1.54) is 0 Å². The molecule has 2 N–H and O–H groups in total. The minimum Gasteiger partial charge on any atom is -0.330 e. The second-order valence-electron chi connectivity index (χ2n) is 4.58. The summed E-state index contributed by atoms with van der Waals surface area (Å²) in [6, 6.07) is 7.42. The molecule has 1 aliphatic carbocycles. The molecule has 2 atom stereocenters. The maximum atomic E-state index is 12.9. The van der Waals surface area contributed by atoms with Gasteiger partial charge in [0.2, 0.25) is 0 Å². The standard InChI is InChI=1S/C13H16F3N/c14-13(15,16)12(8-17)11-7-3-5-9-4-1-2-6-10(9)11/h1-2,4,6,11-12H,3,5,7-8,17H2. The first-order valence-corrected chi connectivity index (χ1v) is 5.88. The number of halogens is 3. The van der Waals surface area contributed by atoms with Gasteiger partial charge in [-0.15, -0.1) is 0 Å². The molecule has 1 aromatic carbocycles. The number of fused-ring (bicyclic) bond motifs is 1.